The van der Waals surface area contributed by atoms with Gasteiger partial charge in [0.15, 0.2) is 0 Å². The molecular formula is C20H23ClN2O2. The van der Waals surface area contributed by atoms with Crippen LogP contribution in [0.3, 0.4) is 0 Å². The maximum Gasteiger partial charge on any atom is 0.257 e. The first-order valence-electron chi connectivity index (χ1n) is 8.59. The SMILES string of the molecule is Cl.NC1CCC2CN(C(=O)c3ccccc3Oc3ccccc3)CC12. The first-order chi connectivity index (χ1) is 11.7. The summed E-state index contributed by atoms with van der Waals surface area (Å²) in [7, 11) is 0. The lowest BCUT2D eigenvalue weighted by Crippen LogP contribution is -2.33. The Bertz CT molecular complexity index is 737. The molecule has 132 valence electrons. The summed E-state index contributed by atoms with van der Waals surface area (Å²) >= 11 is 0. The standard InChI is InChI=1S/C20H22N2O2.ClH/c21-18-11-10-14-12-22(13-17(14)18)20(23)16-8-4-5-9-19(16)24-15-6-2-1-3-7-15;/h1-9,14,17-18H,10-13,21H2;1H. The Balaban J connectivity index is 0.00000182. The van der Waals surface area contributed by atoms with Gasteiger partial charge < -0.3 is 15.4 Å². The van der Waals surface area contributed by atoms with E-state index in [1.807, 2.05) is 59.5 Å². The van der Waals surface area contributed by atoms with Crippen LogP contribution in [0.4, 0.5) is 0 Å². The molecule has 0 spiro atoms. The third-order valence-electron chi connectivity index (χ3n) is 5.29. The van der Waals surface area contributed by atoms with E-state index in [2.05, 4.69) is 0 Å². The number of amides is 1. The molecule has 2 fully saturated rings. The third kappa shape index (κ3) is 3.51. The van der Waals surface area contributed by atoms with Gasteiger partial charge >= 0.3 is 0 Å². The monoisotopic (exact) mass is 358 g/mol. The van der Waals surface area contributed by atoms with Crippen molar-refractivity contribution in [1.82, 2.24) is 4.90 Å². The van der Waals surface area contributed by atoms with E-state index in [9.17, 15) is 4.79 Å². The number of carbonyl (C=O) groups is 1. The molecule has 1 heterocycles. The number of fused-ring (bicyclic) bond motifs is 1. The van der Waals surface area contributed by atoms with E-state index in [-0.39, 0.29) is 24.4 Å². The van der Waals surface area contributed by atoms with Gasteiger partial charge in [-0.2, -0.15) is 0 Å². The summed E-state index contributed by atoms with van der Waals surface area (Å²) in [5.74, 6) is 2.40. The fourth-order valence-electron chi connectivity index (χ4n) is 3.99. The first kappa shape index (κ1) is 17.8. The van der Waals surface area contributed by atoms with Gasteiger partial charge in [-0.05, 0) is 48.9 Å². The van der Waals surface area contributed by atoms with Crippen molar-refractivity contribution in [3.8, 4) is 11.5 Å². The summed E-state index contributed by atoms with van der Waals surface area (Å²) in [6.07, 6.45) is 2.23. The molecule has 1 amide bonds. The highest BCUT2D eigenvalue weighted by Crippen LogP contribution is 2.38. The number of para-hydroxylation sites is 2. The molecule has 3 unspecified atom stereocenters. The van der Waals surface area contributed by atoms with Crippen LogP contribution in [0.15, 0.2) is 54.6 Å². The van der Waals surface area contributed by atoms with Crippen LogP contribution in [0.2, 0.25) is 0 Å². The molecular weight excluding hydrogens is 336 g/mol. The van der Waals surface area contributed by atoms with Crippen molar-refractivity contribution in [1.29, 1.82) is 0 Å². The van der Waals surface area contributed by atoms with Crippen molar-refractivity contribution in [2.75, 3.05) is 13.1 Å². The molecule has 2 aromatic rings. The molecule has 4 rings (SSSR count). The zero-order valence-corrected chi connectivity index (χ0v) is 14.8. The largest absolute Gasteiger partial charge is 0.457 e. The number of hydrogen-bond donors (Lipinski definition) is 1. The van der Waals surface area contributed by atoms with Gasteiger partial charge in [-0.3, -0.25) is 4.79 Å². The van der Waals surface area contributed by atoms with Crippen LogP contribution in [0.1, 0.15) is 23.2 Å². The smallest absolute Gasteiger partial charge is 0.257 e. The van der Waals surface area contributed by atoms with E-state index in [0.29, 0.717) is 23.1 Å². The Labute approximate surface area is 154 Å². The number of ether oxygens (including phenoxy) is 1. The van der Waals surface area contributed by atoms with Gasteiger partial charge in [-0.15, -0.1) is 12.4 Å². The molecule has 1 aliphatic heterocycles. The summed E-state index contributed by atoms with van der Waals surface area (Å²) in [6.45, 7) is 1.58. The van der Waals surface area contributed by atoms with E-state index >= 15 is 0 Å². The molecule has 2 N–H and O–H groups in total. The van der Waals surface area contributed by atoms with Crippen LogP contribution >= 0.6 is 12.4 Å². The summed E-state index contributed by atoms with van der Waals surface area (Å²) in [4.78, 5) is 14.9. The Morgan fingerprint density at radius 1 is 1.00 bits per heavy atom. The van der Waals surface area contributed by atoms with Crippen molar-refractivity contribution < 1.29 is 9.53 Å². The maximum absolute atomic E-state index is 13.0. The van der Waals surface area contributed by atoms with Crippen LogP contribution in [0.5, 0.6) is 11.5 Å². The van der Waals surface area contributed by atoms with Gasteiger partial charge in [0.05, 0.1) is 5.56 Å². The Morgan fingerprint density at radius 3 is 2.48 bits per heavy atom. The molecule has 4 nitrogen and oxygen atoms in total. The lowest BCUT2D eigenvalue weighted by molar-refractivity contribution is 0.0777. The Morgan fingerprint density at radius 2 is 1.72 bits per heavy atom. The topological polar surface area (TPSA) is 55.6 Å². The molecule has 1 saturated heterocycles. The van der Waals surface area contributed by atoms with Crippen molar-refractivity contribution in [3.63, 3.8) is 0 Å². The number of benzene rings is 2. The van der Waals surface area contributed by atoms with E-state index < -0.39 is 0 Å². The molecule has 1 aliphatic carbocycles. The third-order valence-corrected chi connectivity index (χ3v) is 5.29. The summed E-state index contributed by atoms with van der Waals surface area (Å²) in [5, 5.41) is 0. The predicted molar refractivity (Wildman–Crippen MR) is 100 cm³/mol. The average molecular weight is 359 g/mol. The fraction of sp³-hybridized carbons (Fsp3) is 0.350. The number of halogens is 1. The Kier molecular flexibility index (Phi) is 5.30. The van der Waals surface area contributed by atoms with Crippen LogP contribution in [0, 0.1) is 11.8 Å². The summed E-state index contributed by atoms with van der Waals surface area (Å²) in [5.41, 5.74) is 6.81. The average Bonchev–Trinajstić information content (AvgIpc) is 3.18. The number of rotatable bonds is 3. The zero-order chi connectivity index (χ0) is 16.5. The van der Waals surface area contributed by atoms with Crippen LogP contribution < -0.4 is 10.5 Å². The minimum Gasteiger partial charge on any atom is -0.457 e. The van der Waals surface area contributed by atoms with Gasteiger partial charge in [-0.25, -0.2) is 0 Å². The molecule has 25 heavy (non-hydrogen) atoms. The van der Waals surface area contributed by atoms with Crippen molar-refractivity contribution in [2.45, 2.75) is 18.9 Å². The van der Waals surface area contributed by atoms with E-state index in [4.69, 9.17) is 10.5 Å². The molecule has 1 saturated carbocycles. The van der Waals surface area contributed by atoms with E-state index in [1.54, 1.807) is 0 Å². The van der Waals surface area contributed by atoms with Gasteiger partial charge in [0.2, 0.25) is 0 Å². The van der Waals surface area contributed by atoms with Gasteiger partial charge in [0.25, 0.3) is 5.91 Å². The van der Waals surface area contributed by atoms with E-state index in [1.165, 1.54) is 0 Å². The minimum absolute atomic E-state index is 0. The number of likely N-dealkylation sites (tertiary alicyclic amines) is 1. The molecule has 0 bridgehead atoms. The molecule has 2 aliphatic rings. The molecule has 0 aromatic heterocycles. The van der Waals surface area contributed by atoms with Crippen molar-refractivity contribution in [3.05, 3.63) is 60.2 Å². The molecule has 0 radical (unpaired) electrons. The predicted octanol–water partition coefficient (Wildman–Crippen LogP) is 3.71. The quantitative estimate of drug-likeness (QED) is 0.909. The normalized spacial score (nSPS) is 24.5. The van der Waals surface area contributed by atoms with Crippen LogP contribution in [-0.2, 0) is 0 Å². The second-order valence-corrected chi connectivity index (χ2v) is 6.79. The van der Waals surface area contributed by atoms with Crippen LogP contribution in [0.25, 0.3) is 0 Å². The molecule has 2 aromatic carbocycles. The maximum atomic E-state index is 13.0. The summed E-state index contributed by atoms with van der Waals surface area (Å²) < 4.78 is 5.93. The number of nitrogens with zero attached hydrogens (tertiary/aromatic N) is 1. The fourth-order valence-corrected chi connectivity index (χ4v) is 3.99. The highest BCUT2D eigenvalue weighted by Gasteiger charge is 2.42. The summed E-state index contributed by atoms with van der Waals surface area (Å²) in [6, 6.07) is 17.3. The van der Waals surface area contributed by atoms with Crippen molar-refractivity contribution >= 4 is 18.3 Å². The van der Waals surface area contributed by atoms with Gasteiger partial charge in [-0.1, -0.05) is 30.3 Å². The van der Waals surface area contributed by atoms with Gasteiger partial charge in [0.1, 0.15) is 11.5 Å². The lowest BCUT2D eigenvalue weighted by Gasteiger charge is -2.20. The van der Waals surface area contributed by atoms with Crippen molar-refractivity contribution in [2.24, 2.45) is 17.6 Å². The molecule has 5 heteroatoms. The lowest BCUT2D eigenvalue weighted by atomic mass is 9.98. The van der Waals surface area contributed by atoms with Gasteiger partial charge in [0, 0.05) is 19.1 Å². The Hall–Kier alpha value is -2.04. The van der Waals surface area contributed by atoms with Crippen LogP contribution in [-0.4, -0.2) is 29.9 Å². The number of carbonyl (C=O) groups excluding carboxylic acids is 1. The minimum atomic E-state index is 0. The highest BCUT2D eigenvalue weighted by molar-refractivity contribution is 5.97. The highest BCUT2D eigenvalue weighted by atomic mass is 35.5. The first-order valence-corrected chi connectivity index (χ1v) is 8.59. The van der Waals surface area contributed by atoms with E-state index in [0.717, 1.165) is 31.7 Å². The second kappa shape index (κ2) is 7.46. The molecule has 3 atom stereocenters. The number of hydrogen-bond acceptors (Lipinski definition) is 3. The number of nitrogens with two attached hydrogens (primary N) is 1. The zero-order valence-electron chi connectivity index (χ0n) is 14.0. The second-order valence-electron chi connectivity index (χ2n) is 6.79.